The van der Waals surface area contributed by atoms with Gasteiger partial charge in [0, 0.05) is 33.2 Å². The first-order chi connectivity index (χ1) is 38.1. The number of hydrogen-bond donors (Lipinski definition) is 2. The van der Waals surface area contributed by atoms with Crippen molar-refractivity contribution in [1.82, 2.24) is 9.24 Å². The molecule has 2 N–H and O–H groups in total. The van der Waals surface area contributed by atoms with Crippen LogP contribution in [0, 0.1) is 5.41 Å². The molecule has 0 fully saturated rings. The summed E-state index contributed by atoms with van der Waals surface area (Å²) in [7, 11) is 0. The summed E-state index contributed by atoms with van der Waals surface area (Å²) < 4.78 is 4.74. The molecule has 77 heavy (non-hydrogen) atoms. The van der Waals surface area contributed by atoms with Crippen LogP contribution in [0.2, 0.25) is 0 Å². The quantitative estimate of drug-likeness (QED) is 0.125. The van der Waals surface area contributed by atoms with Crippen LogP contribution in [0.5, 0.6) is 0 Å². The van der Waals surface area contributed by atoms with E-state index >= 15 is 0 Å². The zero-order valence-electron chi connectivity index (χ0n) is 42.6. The Balaban J connectivity index is 0.892. The van der Waals surface area contributed by atoms with Crippen LogP contribution in [0.4, 0.5) is 0 Å². The zero-order valence-corrected chi connectivity index (χ0v) is 42.6. The topological polar surface area (TPSA) is 45.7 Å². The Morgan fingerprint density at radius 1 is 0.494 bits per heavy atom. The van der Waals surface area contributed by atoms with Crippen molar-refractivity contribution in [3.05, 3.63) is 300 Å². The molecule has 366 valence electrons. The van der Waals surface area contributed by atoms with Crippen molar-refractivity contribution in [2.24, 2.45) is 0 Å². The minimum Gasteiger partial charge on any atom is -0.309 e. The lowest BCUT2D eigenvalue weighted by molar-refractivity contribution is 0.827. The lowest BCUT2D eigenvalue weighted by Crippen LogP contribution is -2.15. The van der Waals surface area contributed by atoms with Gasteiger partial charge < -0.3 is 9.98 Å². The van der Waals surface area contributed by atoms with Gasteiger partial charge in [0.25, 0.3) is 0 Å². The number of fused-ring (bicyclic) bond motifs is 7. The standard InChI is InChI=1S/C73H54N4/c74-67(56-32-28-53(29-33-56)49-16-5-1-6-17-49)48-68(57-34-30-54(31-35-57)50-18-7-2-8-19-50)75-77-72-42-38-59(52-22-11-4-12-23-52)45-65(72)66-47-61(39-43-73(66)77)60-37-41-71-64(46-60)63-44-58(51-20-9-3-10-21-51)36-40-70(63)76(71)69-27-15-25-55-24-13-14-26-62(55)69/h1-11,13-22,24-45,47-48,60,74-75H,12,23,46H2/b68-48-,74-67?. The molecule has 0 aliphatic heterocycles. The third-order valence-electron chi connectivity index (χ3n) is 15.9. The fourth-order valence-electron chi connectivity index (χ4n) is 11.9. The second-order valence-electron chi connectivity index (χ2n) is 20.4. The second-order valence-corrected chi connectivity index (χ2v) is 20.4. The molecule has 0 spiro atoms. The van der Waals surface area contributed by atoms with E-state index in [-0.39, 0.29) is 5.92 Å². The number of nitrogens with one attached hydrogen (secondary N) is 2. The Morgan fingerprint density at radius 2 is 1.06 bits per heavy atom. The van der Waals surface area contributed by atoms with Crippen LogP contribution in [0.3, 0.4) is 0 Å². The first-order valence-electron chi connectivity index (χ1n) is 26.8. The molecule has 2 aliphatic carbocycles. The summed E-state index contributed by atoms with van der Waals surface area (Å²) >= 11 is 0. The van der Waals surface area contributed by atoms with E-state index in [1.807, 2.05) is 12.1 Å². The third kappa shape index (κ3) is 8.51. The van der Waals surface area contributed by atoms with Gasteiger partial charge in [-0.05, 0) is 146 Å². The summed E-state index contributed by atoms with van der Waals surface area (Å²) in [5, 5.41) is 15.7. The van der Waals surface area contributed by atoms with Gasteiger partial charge in [-0.25, -0.2) is 0 Å². The summed E-state index contributed by atoms with van der Waals surface area (Å²) in [4.78, 5) is 0. The SMILES string of the molecule is N=C(/C=C(\Nn1c2ccc(C3=CC=CCC3)cc2c2cc(C3C=Cc4c(c5cc(-c6ccccc6)ccc5n4-c4cccc5ccccc45)C3)ccc21)c1ccc(-c2ccccc2)cc1)c1ccc(-c2ccccc2)cc1. The van der Waals surface area contributed by atoms with E-state index in [0.717, 1.165) is 69.4 Å². The third-order valence-corrected chi connectivity index (χ3v) is 15.9. The molecular weight excluding hydrogens is 933 g/mol. The number of rotatable bonds is 11. The van der Waals surface area contributed by atoms with Crippen molar-refractivity contribution in [3.63, 3.8) is 0 Å². The maximum absolute atomic E-state index is 9.60. The lowest BCUT2D eigenvalue weighted by atomic mass is 9.85. The fraction of sp³-hybridized carbons (Fsp3) is 0.0548. The molecule has 2 aliphatic rings. The van der Waals surface area contributed by atoms with E-state index in [1.165, 1.54) is 77.2 Å². The Bertz CT molecular complexity index is 4350. The summed E-state index contributed by atoms with van der Waals surface area (Å²) in [5.41, 5.74) is 25.1. The summed E-state index contributed by atoms with van der Waals surface area (Å²) in [6, 6.07) is 85.2. The molecule has 0 radical (unpaired) electrons. The Kier molecular flexibility index (Phi) is 11.6. The Hall–Kier alpha value is -9.77. The average Bonchev–Trinajstić information content (AvgIpc) is 4.03. The van der Waals surface area contributed by atoms with Gasteiger partial charge in [-0.2, -0.15) is 0 Å². The molecule has 2 heterocycles. The Labute approximate surface area is 449 Å². The fourth-order valence-corrected chi connectivity index (χ4v) is 11.9. The van der Waals surface area contributed by atoms with Crippen LogP contribution < -0.4 is 5.43 Å². The van der Waals surface area contributed by atoms with Gasteiger partial charge in [0.05, 0.1) is 33.6 Å². The Morgan fingerprint density at radius 3 is 1.77 bits per heavy atom. The van der Waals surface area contributed by atoms with E-state index in [0.29, 0.717) is 5.71 Å². The summed E-state index contributed by atoms with van der Waals surface area (Å²) in [5.74, 6) is 0.145. The van der Waals surface area contributed by atoms with Crippen molar-refractivity contribution < 1.29 is 0 Å². The minimum absolute atomic E-state index is 0.145. The minimum atomic E-state index is 0.145. The highest BCUT2D eigenvalue weighted by Crippen LogP contribution is 2.43. The van der Waals surface area contributed by atoms with Crippen LogP contribution in [-0.2, 0) is 6.42 Å². The molecular formula is C73H54N4. The van der Waals surface area contributed by atoms with Crippen LogP contribution >= 0.6 is 0 Å². The number of benzene rings is 10. The van der Waals surface area contributed by atoms with Crippen molar-refractivity contribution in [3.8, 4) is 39.1 Å². The van der Waals surface area contributed by atoms with E-state index in [1.54, 1.807) is 0 Å². The van der Waals surface area contributed by atoms with Crippen LogP contribution in [-0.4, -0.2) is 15.0 Å². The van der Waals surface area contributed by atoms with Crippen LogP contribution in [0.15, 0.2) is 267 Å². The van der Waals surface area contributed by atoms with Crippen molar-refractivity contribution >= 4 is 66.5 Å². The highest BCUT2D eigenvalue weighted by molar-refractivity contribution is 6.13. The molecule has 0 amide bonds. The molecule has 12 aromatic rings. The van der Waals surface area contributed by atoms with Gasteiger partial charge in [0.2, 0.25) is 0 Å². The van der Waals surface area contributed by atoms with E-state index in [2.05, 4.69) is 276 Å². The van der Waals surface area contributed by atoms with E-state index in [9.17, 15) is 5.41 Å². The molecule has 1 unspecified atom stereocenters. The maximum Gasteiger partial charge on any atom is 0.0710 e. The molecule has 4 nitrogen and oxygen atoms in total. The first-order valence-corrected chi connectivity index (χ1v) is 26.8. The number of aromatic nitrogens is 2. The molecule has 2 aromatic heterocycles. The van der Waals surface area contributed by atoms with Gasteiger partial charge in [0.15, 0.2) is 0 Å². The largest absolute Gasteiger partial charge is 0.309 e. The molecule has 0 saturated carbocycles. The molecule has 1 atom stereocenters. The van der Waals surface area contributed by atoms with Crippen molar-refractivity contribution in [2.45, 2.75) is 25.2 Å². The molecule has 4 heteroatoms. The molecule has 14 rings (SSSR count). The monoisotopic (exact) mass is 986 g/mol. The summed E-state index contributed by atoms with van der Waals surface area (Å²) in [6.07, 6.45) is 16.4. The zero-order chi connectivity index (χ0) is 51.2. The van der Waals surface area contributed by atoms with Crippen LogP contribution in [0.25, 0.3) is 99.9 Å². The van der Waals surface area contributed by atoms with Crippen molar-refractivity contribution in [1.29, 1.82) is 5.41 Å². The van der Waals surface area contributed by atoms with Gasteiger partial charge in [0.1, 0.15) is 0 Å². The van der Waals surface area contributed by atoms with Gasteiger partial charge >= 0.3 is 0 Å². The molecule has 10 aromatic carbocycles. The first kappa shape index (κ1) is 45.8. The molecule has 0 saturated heterocycles. The maximum atomic E-state index is 9.60. The van der Waals surface area contributed by atoms with Crippen molar-refractivity contribution in [2.75, 3.05) is 5.43 Å². The summed E-state index contributed by atoms with van der Waals surface area (Å²) in [6.45, 7) is 0. The van der Waals surface area contributed by atoms with E-state index in [4.69, 9.17) is 0 Å². The average molecular weight is 987 g/mol. The lowest BCUT2D eigenvalue weighted by Gasteiger charge is -2.20. The predicted molar refractivity (Wildman–Crippen MR) is 325 cm³/mol. The number of nitrogens with zero attached hydrogens (tertiary/aromatic N) is 2. The highest BCUT2D eigenvalue weighted by atomic mass is 15.4. The highest BCUT2D eigenvalue weighted by Gasteiger charge is 2.26. The normalized spacial score (nSPS) is 14.3. The van der Waals surface area contributed by atoms with Crippen LogP contribution in [0.1, 0.15) is 52.3 Å². The smallest absolute Gasteiger partial charge is 0.0710 e. The van der Waals surface area contributed by atoms with Gasteiger partial charge in [-0.3, -0.25) is 10.1 Å². The number of allylic oxidation sites excluding steroid dienone is 6. The van der Waals surface area contributed by atoms with Gasteiger partial charge in [-0.15, -0.1) is 0 Å². The van der Waals surface area contributed by atoms with E-state index < -0.39 is 0 Å². The predicted octanol–water partition coefficient (Wildman–Crippen LogP) is 18.6. The van der Waals surface area contributed by atoms with Gasteiger partial charge in [-0.1, -0.05) is 218 Å². The molecule has 0 bridgehead atoms. The second kappa shape index (κ2) is 19.5. The number of hydrogen-bond acceptors (Lipinski definition) is 2.